The van der Waals surface area contributed by atoms with Crippen molar-refractivity contribution < 1.29 is 4.74 Å². The Hall–Kier alpha value is -1.03. The molecule has 1 N–H and O–H groups in total. The van der Waals surface area contributed by atoms with Crippen molar-refractivity contribution in [3.8, 4) is 0 Å². The van der Waals surface area contributed by atoms with E-state index in [0.717, 1.165) is 24.8 Å². The second-order valence-corrected chi connectivity index (χ2v) is 5.81. The molecule has 0 radical (unpaired) electrons. The highest BCUT2D eigenvalue weighted by molar-refractivity contribution is 5.39. The van der Waals surface area contributed by atoms with E-state index in [0.29, 0.717) is 12.1 Å². The van der Waals surface area contributed by atoms with Crippen molar-refractivity contribution in [3.63, 3.8) is 0 Å². The summed E-state index contributed by atoms with van der Waals surface area (Å²) in [5.74, 6) is 0.967. The molecule has 100 valence electrons. The quantitative estimate of drug-likeness (QED) is 0.842. The number of ether oxygens (including phenoxy) is 1. The summed E-state index contributed by atoms with van der Waals surface area (Å²) in [5.41, 5.74) is 1.14. The first-order valence-electron chi connectivity index (χ1n) is 7.20. The van der Waals surface area contributed by atoms with Crippen molar-refractivity contribution in [1.29, 1.82) is 0 Å². The molecule has 1 aliphatic heterocycles. The summed E-state index contributed by atoms with van der Waals surface area (Å²) >= 11 is 0. The molecule has 4 nitrogen and oxygen atoms in total. The van der Waals surface area contributed by atoms with Crippen molar-refractivity contribution in [2.45, 2.75) is 57.7 Å². The van der Waals surface area contributed by atoms with E-state index < -0.39 is 0 Å². The van der Waals surface area contributed by atoms with Crippen LogP contribution in [0.2, 0.25) is 0 Å². The van der Waals surface area contributed by atoms with Gasteiger partial charge < -0.3 is 10.1 Å². The first-order chi connectivity index (χ1) is 8.79. The normalized spacial score (nSPS) is 25.3. The van der Waals surface area contributed by atoms with Crippen LogP contribution in [0.1, 0.15) is 39.0 Å². The van der Waals surface area contributed by atoms with Crippen LogP contribution < -0.4 is 5.32 Å². The minimum absolute atomic E-state index is 0.363. The SMILES string of the molecule is CC(CC1CC1)Nc1cnn(CC2CCCO2)c1. The zero-order valence-corrected chi connectivity index (χ0v) is 11.1. The summed E-state index contributed by atoms with van der Waals surface area (Å²) in [7, 11) is 0. The van der Waals surface area contributed by atoms with Gasteiger partial charge in [0.2, 0.25) is 0 Å². The van der Waals surface area contributed by atoms with E-state index in [-0.39, 0.29) is 0 Å². The summed E-state index contributed by atoms with van der Waals surface area (Å²) < 4.78 is 7.63. The highest BCUT2D eigenvalue weighted by Crippen LogP contribution is 2.34. The second kappa shape index (κ2) is 5.31. The highest BCUT2D eigenvalue weighted by atomic mass is 16.5. The van der Waals surface area contributed by atoms with Crippen LogP contribution in [0, 0.1) is 5.92 Å². The third kappa shape index (κ3) is 3.25. The van der Waals surface area contributed by atoms with Crippen molar-refractivity contribution in [2.24, 2.45) is 5.92 Å². The summed E-state index contributed by atoms with van der Waals surface area (Å²) in [4.78, 5) is 0. The third-order valence-electron chi connectivity index (χ3n) is 3.84. The van der Waals surface area contributed by atoms with E-state index in [1.165, 1.54) is 32.1 Å². The third-order valence-corrected chi connectivity index (χ3v) is 3.84. The molecule has 18 heavy (non-hydrogen) atoms. The second-order valence-electron chi connectivity index (χ2n) is 5.81. The van der Waals surface area contributed by atoms with Crippen LogP contribution in [-0.2, 0) is 11.3 Å². The molecule has 1 saturated heterocycles. The van der Waals surface area contributed by atoms with E-state index in [9.17, 15) is 0 Å². The number of anilines is 1. The zero-order chi connectivity index (χ0) is 12.4. The van der Waals surface area contributed by atoms with Crippen LogP contribution in [-0.4, -0.2) is 28.5 Å². The molecule has 0 aromatic carbocycles. The molecule has 3 rings (SSSR count). The lowest BCUT2D eigenvalue weighted by Crippen LogP contribution is -2.16. The fraction of sp³-hybridized carbons (Fsp3) is 0.786. The van der Waals surface area contributed by atoms with Crippen molar-refractivity contribution >= 4 is 5.69 Å². The maximum atomic E-state index is 5.63. The highest BCUT2D eigenvalue weighted by Gasteiger charge is 2.23. The lowest BCUT2D eigenvalue weighted by molar-refractivity contribution is 0.0940. The average Bonchev–Trinajstić information content (AvgIpc) is 2.84. The number of nitrogens with one attached hydrogen (secondary N) is 1. The van der Waals surface area contributed by atoms with Crippen LogP contribution in [0.3, 0.4) is 0 Å². The standard InChI is InChI=1S/C14H23N3O/c1-11(7-12-4-5-12)16-13-8-15-17(9-13)10-14-3-2-6-18-14/h8-9,11-12,14,16H,2-7,10H2,1H3. The van der Waals surface area contributed by atoms with E-state index in [2.05, 4.69) is 23.5 Å². The van der Waals surface area contributed by atoms with Gasteiger partial charge in [0.05, 0.1) is 24.5 Å². The number of hydrogen-bond donors (Lipinski definition) is 1. The van der Waals surface area contributed by atoms with E-state index in [1.54, 1.807) is 0 Å². The maximum absolute atomic E-state index is 5.63. The van der Waals surface area contributed by atoms with Gasteiger partial charge in [-0.15, -0.1) is 0 Å². The lowest BCUT2D eigenvalue weighted by Gasteiger charge is -2.12. The fourth-order valence-electron chi connectivity index (χ4n) is 2.73. The van der Waals surface area contributed by atoms with Crippen LogP contribution in [0.25, 0.3) is 0 Å². The summed E-state index contributed by atoms with van der Waals surface area (Å²) in [6, 6.07) is 0.554. The molecule has 2 atom stereocenters. The van der Waals surface area contributed by atoms with E-state index >= 15 is 0 Å². The molecular weight excluding hydrogens is 226 g/mol. The van der Waals surface area contributed by atoms with Gasteiger partial charge in [-0.3, -0.25) is 4.68 Å². The van der Waals surface area contributed by atoms with Crippen LogP contribution in [0.5, 0.6) is 0 Å². The summed E-state index contributed by atoms with van der Waals surface area (Å²) in [5, 5.41) is 7.94. The zero-order valence-electron chi connectivity index (χ0n) is 11.1. The fourth-order valence-corrected chi connectivity index (χ4v) is 2.73. The number of rotatable bonds is 6. The van der Waals surface area contributed by atoms with Gasteiger partial charge in [0.25, 0.3) is 0 Å². The van der Waals surface area contributed by atoms with Gasteiger partial charge in [-0.05, 0) is 32.1 Å². The van der Waals surface area contributed by atoms with Gasteiger partial charge in [0, 0.05) is 18.8 Å². The van der Waals surface area contributed by atoms with Crippen LogP contribution >= 0.6 is 0 Å². The van der Waals surface area contributed by atoms with Crippen molar-refractivity contribution in [1.82, 2.24) is 9.78 Å². The molecule has 4 heteroatoms. The Morgan fingerprint density at radius 3 is 3.11 bits per heavy atom. The minimum Gasteiger partial charge on any atom is -0.380 e. The monoisotopic (exact) mass is 249 g/mol. The minimum atomic E-state index is 0.363. The molecule has 2 unspecified atom stereocenters. The first-order valence-corrected chi connectivity index (χ1v) is 7.20. The molecular formula is C14H23N3O. The maximum Gasteiger partial charge on any atom is 0.0771 e. The Morgan fingerprint density at radius 1 is 1.50 bits per heavy atom. The van der Waals surface area contributed by atoms with Gasteiger partial charge >= 0.3 is 0 Å². The molecule has 2 aliphatic rings. The Balaban J connectivity index is 1.48. The van der Waals surface area contributed by atoms with Crippen molar-refractivity contribution in [2.75, 3.05) is 11.9 Å². The Kier molecular flexibility index (Phi) is 3.55. The summed E-state index contributed by atoms with van der Waals surface area (Å²) in [6.45, 7) is 4.06. The van der Waals surface area contributed by atoms with Crippen LogP contribution in [0.15, 0.2) is 12.4 Å². The molecule has 0 amide bonds. The van der Waals surface area contributed by atoms with Gasteiger partial charge in [-0.25, -0.2) is 0 Å². The topological polar surface area (TPSA) is 39.1 Å². The molecule has 1 aliphatic carbocycles. The van der Waals surface area contributed by atoms with Gasteiger partial charge in [0.1, 0.15) is 0 Å². The first kappa shape index (κ1) is 12.0. The Labute approximate surface area is 109 Å². The average molecular weight is 249 g/mol. The molecule has 0 bridgehead atoms. The molecule has 1 aromatic heterocycles. The molecule has 2 heterocycles. The van der Waals surface area contributed by atoms with Gasteiger partial charge in [-0.2, -0.15) is 5.10 Å². The number of aromatic nitrogens is 2. The van der Waals surface area contributed by atoms with Crippen molar-refractivity contribution in [3.05, 3.63) is 12.4 Å². The Morgan fingerprint density at radius 2 is 2.39 bits per heavy atom. The Bertz CT molecular complexity index is 380. The number of nitrogens with zero attached hydrogens (tertiary/aromatic N) is 2. The molecule has 0 spiro atoms. The molecule has 2 fully saturated rings. The predicted molar refractivity (Wildman–Crippen MR) is 71.6 cm³/mol. The predicted octanol–water partition coefficient (Wildman–Crippen LogP) is 2.66. The largest absolute Gasteiger partial charge is 0.380 e. The van der Waals surface area contributed by atoms with E-state index in [1.807, 2.05) is 10.9 Å². The van der Waals surface area contributed by atoms with Crippen LogP contribution in [0.4, 0.5) is 5.69 Å². The molecule has 1 aromatic rings. The smallest absolute Gasteiger partial charge is 0.0771 e. The lowest BCUT2D eigenvalue weighted by atomic mass is 10.1. The van der Waals surface area contributed by atoms with Gasteiger partial charge in [0.15, 0.2) is 0 Å². The van der Waals surface area contributed by atoms with E-state index in [4.69, 9.17) is 4.74 Å². The van der Waals surface area contributed by atoms with Gasteiger partial charge in [-0.1, -0.05) is 12.8 Å². The summed E-state index contributed by atoms with van der Waals surface area (Å²) in [6.07, 6.45) is 10.9. The number of hydrogen-bond acceptors (Lipinski definition) is 3. The molecule has 1 saturated carbocycles.